The Morgan fingerprint density at radius 1 is 1.36 bits per heavy atom. The SMILES string of the molecule is CCOc1ccc(C(=O)C(Cl)Cl)cc1. The number of hydrogen-bond acceptors (Lipinski definition) is 2. The van der Waals surface area contributed by atoms with E-state index in [1.54, 1.807) is 24.3 Å². The zero-order valence-electron chi connectivity index (χ0n) is 7.67. The van der Waals surface area contributed by atoms with Crippen LogP contribution in [-0.2, 0) is 0 Å². The third-order valence-corrected chi connectivity index (χ3v) is 2.04. The second kappa shape index (κ2) is 5.23. The first-order valence-corrected chi connectivity index (χ1v) is 5.07. The third kappa shape index (κ3) is 2.89. The van der Waals surface area contributed by atoms with Gasteiger partial charge >= 0.3 is 0 Å². The second-order valence-electron chi connectivity index (χ2n) is 2.62. The van der Waals surface area contributed by atoms with Crippen LogP contribution in [0.3, 0.4) is 0 Å². The molecular formula is C10H10Cl2O2. The van der Waals surface area contributed by atoms with Crippen molar-refractivity contribution in [3.8, 4) is 5.75 Å². The number of carbonyl (C=O) groups is 1. The minimum Gasteiger partial charge on any atom is -0.494 e. The van der Waals surface area contributed by atoms with E-state index in [2.05, 4.69) is 0 Å². The van der Waals surface area contributed by atoms with Gasteiger partial charge in [0.1, 0.15) is 5.75 Å². The summed E-state index contributed by atoms with van der Waals surface area (Å²) in [6, 6.07) is 6.72. The van der Waals surface area contributed by atoms with E-state index in [1.807, 2.05) is 6.92 Å². The van der Waals surface area contributed by atoms with Crippen LogP contribution in [-0.4, -0.2) is 17.2 Å². The smallest absolute Gasteiger partial charge is 0.195 e. The summed E-state index contributed by atoms with van der Waals surface area (Å²) >= 11 is 10.9. The number of halogens is 2. The van der Waals surface area contributed by atoms with Crippen LogP contribution in [0.1, 0.15) is 17.3 Å². The standard InChI is InChI=1S/C10H10Cl2O2/c1-2-14-8-5-3-7(4-6-8)9(13)10(11)12/h3-6,10H,2H2,1H3. The molecule has 1 aromatic rings. The normalized spacial score (nSPS) is 10.3. The van der Waals surface area contributed by atoms with Gasteiger partial charge in [-0.1, -0.05) is 23.2 Å². The molecule has 0 fully saturated rings. The first-order chi connectivity index (χ1) is 6.65. The lowest BCUT2D eigenvalue weighted by Crippen LogP contribution is -2.07. The van der Waals surface area contributed by atoms with Crippen LogP contribution >= 0.6 is 23.2 Å². The van der Waals surface area contributed by atoms with Crippen LogP contribution in [0, 0.1) is 0 Å². The summed E-state index contributed by atoms with van der Waals surface area (Å²) in [5.74, 6) is 0.432. The highest BCUT2D eigenvalue weighted by atomic mass is 35.5. The Hall–Kier alpha value is -0.730. The quantitative estimate of drug-likeness (QED) is 0.590. The Bertz CT molecular complexity index is 306. The van der Waals surface area contributed by atoms with Crippen molar-refractivity contribution < 1.29 is 9.53 Å². The summed E-state index contributed by atoms with van der Waals surface area (Å²) in [6.07, 6.45) is 0. The lowest BCUT2D eigenvalue weighted by molar-refractivity contribution is 0.101. The summed E-state index contributed by atoms with van der Waals surface area (Å²) in [5, 5.41) is 0. The molecule has 0 bridgehead atoms. The molecule has 0 aliphatic heterocycles. The predicted molar refractivity (Wildman–Crippen MR) is 57.4 cm³/mol. The molecule has 0 heterocycles. The Morgan fingerprint density at radius 3 is 2.36 bits per heavy atom. The maximum atomic E-state index is 11.3. The topological polar surface area (TPSA) is 26.3 Å². The molecule has 0 aliphatic rings. The lowest BCUT2D eigenvalue weighted by atomic mass is 10.1. The first-order valence-electron chi connectivity index (χ1n) is 4.20. The van der Waals surface area contributed by atoms with E-state index < -0.39 is 4.84 Å². The molecule has 76 valence electrons. The van der Waals surface area contributed by atoms with Crippen molar-refractivity contribution >= 4 is 29.0 Å². The van der Waals surface area contributed by atoms with E-state index in [1.165, 1.54) is 0 Å². The zero-order valence-corrected chi connectivity index (χ0v) is 9.18. The van der Waals surface area contributed by atoms with Crippen molar-refractivity contribution in [1.29, 1.82) is 0 Å². The van der Waals surface area contributed by atoms with Gasteiger partial charge in [0.05, 0.1) is 6.61 Å². The van der Waals surface area contributed by atoms with Crippen molar-refractivity contribution in [2.45, 2.75) is 11.8 Å². The number of carbonyl (C=O) groups excluding carboxylic acids is 1. The average molecular weight is 233 g/mol. The van der Waals surface area contributed by atoms with Crippen LogP contribution < -0.4 is 4.74 Å². The fourth-order valence-electron chi connectivity index (χ4n) is 1.01. The molecule has 1 rings (SSSR count). The minimum absolute atomic E-state index is 0.295. The molecule has 0 saturated heterocycles. The number of rotatable bonds is 4. The van der Waals surface area contributed by atoms with Gasteiger partial charge in [-0.3, -0.25) is 4.79 Å². The van der Waals surface area contributed by atoms with Gasteiger partial charge in [0, 0.05) is 5.56 Å². The van der Waals surface area contributed by atoms with Gasteiger partial charge in [0.25, 0.3) is 0 Å². The Kier molecular flexibility index (Phi) is 4.23. The molecule has 14 heavy (non-hydrogen) atoms. The van der Waals surface area contributed by atoms with Crippen molar-refractivity contribution in [3.05, 3.63) is 29.8 Å². The number of hydrogen-bond donors (Lipinski definition) is 0. The molecule has 0 aromatic heterocycles. The number of ether oxygens (including phenoxy) is 1. The predicted octanol–water partition coefficient (Wildman–Crippen LogP) is 3.07. The fraction of sp³-hybridized carbons (Fsp3) is 0.300. The second-order valence-corrected chi connectivity index (χ2v) is 3.72. The van der Waals surface area contributed by atoms with E-state index in [-0.39, 0.29) is 5.78 Å². The lowest BCUT2D eigenvalue weighted by Gasteiger charge is -2.04. The van der Waals surface area contributed by atoms with E-state index >= 15 is 0 Å². The van der Waals surface area contributed by atoms with Crippen LogP contribution in [0.4, 0.5) is 0 Å². The largest absolute Gasteiger partial charge is 0.494 e. The summed E-state index contributed by atoms with van der Waals surface area (Å²) in [4.78, 5) is 10.3. The Morgan fingerprint density at radius 2 is 1.93 bits per heavy atom. The molecule has 0 aliphatic carbocycles. The van der Waals surface area contributed by atoms with Crippen LogP contribution in [0.15, 0.2) is 24.3 Å². The number of Topliss-reactive ketones (excluding diaryl/α,β-unsaturated/α-hetero) is 1. The van der Waals surface area contributed by atoms with Crippen molar-refractivity contribution in [1.82, 2.24) is 0 Å². The highest BCUT2D eigenvalue weighted by molar-refractivity contribution is 6.55. The molecule has 2 nitrogen and oxygen atoms in total. The number of benzene rings is 1. The summed E-state index contributed by atoms with van der Waals surface area (Å²) in [7, 11) is 0. The number of ketones is 1. The van der Waals surface area contributed by atoms with Crippen LogP contribution in [0.2, 0.25) is 0 Å². The maximum Gasteiger partial charge on any atom is 0.195 e. The van der Waals surface area contributed by atoms with Crippen molar-refractivity contribution in [3.63, 3.8) is 0 Å². The third-order valence-electron chi connectivity index (χ3n) is 1.65. The monoisotopic (exact) mass is 232 g/mol. The molecule has 0 radical (unpaired) electrons. The fourth-order valence-corrected chi connectivity index (χ4v) is 1.26. The van der Waals surface area contributed by atoms with Gasteiger partial charge in [-0.2, -0.15) is 0 Å². The highest BCUT2D eigenvalue weighted by Gasteiger charge is 2.13. The van der Waals surface area contributed by atoms with Crippen molar-refractivity contribution in [2.75, 3.05) is 6.61 Å². The van der Waals surface area contributed by atoms with Crippen molar-refractivity contribution in [2.24, 2.45) is 0 Å². The average Bonchev–Trinajstić information content (AvgIpc) is 2.18. The molecule has 0 N–H and O–H groups in total. The van der Waals surface area contributed by atoms with Gasteiger partial charge < -0.3 is 4.74 Å². The van der Waals surface area contributed by atoms with E-state index in [4.69, 9.17) is 27.9 Å². The molecule has 4 heteroatoms. The molecule has 0 unspecified atom stereocenters. The number of alkyl halides is 2. The molecule has 0 spiro atoms. The first kappa shape index (κ1) is 11.3. The summed E-state index contributed by atoms with van der Waals surface area (Å²) < 4.78 is 5.22. The Labute approximate surface area is 92.8 Å². The minimum atomic E-state index is -1.01. The highest BCUT2D eigenvalue weighted by Crippen LogP contribution is 2.16. The summed E-state index contributed by atoms with van der Waals surface area (Å²) in [5.41, 5.74) is 0.489. The van der Waals surface area contributed by atoms with Gasteiger partial charge in [0.15, 0.2) is 10.6 Å². The molecule has 0 saturated carbocycles. The van der Waals surface area contributed by atoms with E-state index in [0.29, 0.717) is 12.2 Å². The van der Waals surface area contributed by atoms with Gasteiger partial charge in [-0.25, -0.2) is 0 Å². The van der Waals surface area contributed by atoms with Crippen LogP contribution in [0.5, 0.6) is 5.75 Å². The van der Waals surface area contributed by atoms with E-state index in [0.717, 1.165) is 5.75 Å². The van der Waals surface area contributed by atoms with Gasteiger partial charge in [-0.15, -0.1) is 0 Å². The summed E-state index contributed by atoms with van der Waals surface area (Å²) in [6.45, 7) is 2.49. The van der Waals surface area contributed by atoms with Gasteiger partial charge in [-0.05, 0) is 31.2 Å². The van der Waals surface area contributed by atoms with Crippen LogP contribution in [0.25, 0.3) is 0 Å². The zero-order chi connectivity index (χ0) is 10.6. The molecule has 0 amide bonds. The molecular weight excluding hydrogens is 223 g/mol. The molecule has 0 atom stereocenters. The van der Waals surface area contributed by atoms with E-state index in [9.17, 15) is 4.79 Å². The van der Waals surface area contributed by atoms with Gasteiger partial charge in [0.2, 0.25) is 0 Å². The maximum absolute atomic E-state index is 11.3. The molecule has 1 aromatic carbocycles. The Balaban J connectivity index is 2.78.